The molecule has 134 valence electrons. The highest BCUT2D eigenvalue weighted by molar-refractivity contribution is 7.71. The van der Waals surface area contributed by atoms with Crippen LogP contribution in [-0.2, 0) is 6.67 Å². The van der Waals surface area contributed by atoms with E-state index in [2.05, 4.69) is 15.0 Å². The molecule has 4 rings (SSSR count). The molecule has 1 aliphatic heterocycles. The molecular formula is C19H26N4OS. The van der Waals surface area contributed by atoms with Crippen molar-refractivity contribution >= 4 is 24.4 Å². The van der Waals surface area contributed by atoms with Gasteiger partial charge in [-0.15, -0.1) is 0 Å². The fraction of sp³-hybridized carbons (Fsp3) is 0.579. The van der Waals surface area contributed by atoms with Crippen LogP contribution in [0.3, 0.4) is 0 Å². The second kappa shape index (κ2) is 7.30. The molecule has 2 aliphatic rings. The molecule has 2 atom stereocenters. The molecule has 1 aliphatic carbocycles. The van der Waals surface area contributed by atoms with E-state index < -0.39 is 0 Å². The lowest BCUT2D eigenvalue weighted by Gasteiger charge is -2.44. The third kappa shape index (κ3) is 3.80. The Labute approximate surface area is 153 Å². The summed E-state index contributed by atoms with van der Waals surface area (Å²) in [5, 5.41) is 3.33. The van der Waals surface area contributed by atoms with E-state index in [0.717, 1.165) is 36.0 Å². The lowest BCUT2D eigenvalue weighted by atomic mass is 9.78. The van der Waals surface area contributed by atoms with Crippen LogP contribution in [0.4, 0.5) is 0 Å². The van der Waals surface area contributed by atoms with Crippen molar-refractivity contribution < 1.29 is 4.42 Å². The Morgan fingerprint density at radius 3 is 2.92 bits per heavy atom. The van der Waals surface area contributed by atoms with Crippen LogP contribution in [0.2, 0.25) is 0 Å². The number of H-pyrrole nitrogens is 1. The number of nitrogens with zero attached hydrogens (tertiary/aromatic N) is 3. The first-order valence-electron chi connectivity index (χ1n) is 9.34. The van der Waals surface area contributed by atoms with Gasteiger partial charge in [-0.1, -0.05) is 12.8 Å². The summed E-state index contributed by atoms with van der Waals surface area (Å²) in [7, 11) is 0. The molecule has 0 amide bonds. The molecule has 1 saturated carbocycles. The molecule has 25 heavy (non-hydrogen) atoms. The molecule has 3 heterocycles. The number of aryl methyl sites for hydroxylation is 1. The number of aromatic nitrogens is 3. The first kappa shape index (κ1) is 16.8. The highest BCUT2D eigenvalue weighted by atomic mass is 32.1. The van der Waals surface area contributed by atoms with Gasteiger partial charge < -0.3 is 4.42 Å². The van der Waals surface area contributed by atoms with Gasteiger partial charge in [-0.25, -0.2) is 4.68 Å². The number of hydrogen-bond donors (Lipinski definition) is 1. The molecule has 0 bridgehead atoms. The van der Waals surface area contributed by atoms with E-state index in [-0.39, 0.29) is 0 Å². The average molecular weight is 359 g/mol. The van der Waals surface area contributed by atoms with Crippen molar-refractivity contribution in [3.63, 3.8) is 0 Å². The van der Waals surface area contributed by atoms with Crippen molar-refractivity contribution in [1.82, 2.24) is 19.7 Å². The number of aromatic amines is 1. The first-order chi connectivity index (χ1) is 12.2. The van der Waals surface area contributed by atoms with Crippen molar-refractivity contribution in [2.24, 2.45) is 5.92 Å². The summed E-state index contributed by atoms with van der Waals surface area (Å²) in [5.41, 5.74) is 0. The molecule has 0 radical (unpaired) electrons. The third-order valence-corrected chi connectivity index (χ3v) is 5.86. The monoisotopic (exact) mass is 358 g/mol. The smallest absolute Gasteiger partial charge is 0.217 e. The van der Waals surface area contributed by atoms with Gasteiger partial charge in [-0.2, -0.15) is 4.98 Å². The highest BCUT2D eigenvalue weighted by Crippen LogP contribution is 2.35. The Kier molecular flexibility index (Phi) is 4.90. The zero-order valence-electron chi connectivity index (χ0n) is 14.8. The number of piperidine rings is 1. The molecule has 2 unspecified atom stereocenters. The van der Waals surface area contributed by atoms with Gasteiger partial charge >= 0.3 is 0 Å². The van der Waals surface area contributed by atoms with Crippen LogP contribution in [0.1, 0.15) is 55.9 Å². The second-order valence-corrected chi connectivity index (χ2v) is 7.67. The highest BCUT2D eigenvalue weighted by Gasteiger charge is 2.33. The van der Waals surface area contributed by atoms with Crippen molar-refractivity contribution in [2.45, 2.75) is 58.2 Å². The van der Waals surface area contributed by atoms with Crippen LogP contribution in [-0.4, -0.2) is 32.3 Å². The zero-order valence-corrected chi connectivity index (χ0v) is 15.6. The predicted molar refractivity (Wildman–Crippen MR) is 101 cm³/mol. The Bertz CT molecular complexity index is 800. The SMILES string of the molecule is Cc1ccc(C=Cc2nc(=S)n(CN3CCCC4CCCCC43)[nH]2)o1. The Morgan fingerprint density at radius 2 is 2.08 bits per heavy atom. The number of rotatable bonds is 4. The van der Waals surface area contributed by atoms with Crippen molar-refractivity contribution in [3.05, 3.63) is 34.2 Å². The molecule has 0 aromatic carbocycles. The molecular weight excluding hydrogens is 332 g/mol. The fourth-order valence-corrected chi connectivity index (χ4v) is 4.54. The summed E-state index contributed by atoms with van der Waals surface area (Å²) in [6, 6.07) is 4.63. The topological polar surface area (TPSA) is 50.0 Å². The number of hydrogen-bond acceptors (Lipinski definition) is 4. The van der Waals surface area contributed by atoms with Gasteiger partial charge in [0.05, 0.1) is 6.67 Å². The molecule has 2 aromatic rings. The van der Waals surface area contributed by atoms with Crippen molar-refractivity contribution in [1.29, 1.82) is 0 Å². The molecule has 2 fully saturated rings. The van der Waals surface area contributed by atoms with E-state index in [9.17, 15) is 0 Å². The average Bonchev–Trinajstić information content (AvgIpc) is 3.19. The normalized spacial score (nSPS) is 24.7. The van der Waals surface area contributed by atoms with Crippen LogP contribution in [0.25, 0.3) is 12.2 Å². The van der Waals surface area contributed by atoms with Gasteiger partial charge in [0.25, 0.3) is 0 Å². The largest absolute Gasteiger partial charge is 0.462 e. The molecule has 1 saturated heterocycles. The van der Waals surface area contributed by atoms with Gasteiger partial charge in [0.1, 0.15) is 17.3 Å². The number of likely N-dealkylation sites (tertiary alicyclic amines) is 1. The van der Waals surface area contributed by atoms with E-state index in [1.54, 1.807) is 0 Å². The summed E-state index contributed by atoms with van der Waals surface area (Å²) in [6.07, 6.45) is 12.0. The Hall–Kier alpha value is -1.66. The van der Waals surface area contributed by atoms with Gasteiger partial charge in [0.2, 0.25) is 4.77 Å². The van der Waals surface area contributed by atoms with Gasteiger partial charge in [0.15, 0.2) is 0 Å². The van der Waals surface area contributed by atoms with Gasteiger partial charge in [-0.3, -0.25) is 10.00 Å². The molecule has 6 heteroatoms. The van der Waals surface area contributed by atoms with Gasteiger partial charge in [0, 0.05) is 12.6 Å². The minimum absolute atomic E-state index is 0.619. The predicted octanol–water partition coefficient (Wildman–Crippen LogP) is 4.62. The quantitative estimate of drug-likeness (QED) is 0.810. The van der Waals surface area contributed by atoms with Crippen LogP contribution >= 0.6 is 12.2 Å². The van der Waals surface area contributed by atoms with Crippen LogP contribution in [0.5, 0.6) is 0 Å². The van der Waals surface area contributed by atoms with Crippen LogP contribution in [0, 0.1) is 17.6 Å². The molecule has 2 aromatic heterocycles. The van der Waals surface area contributed by atoms with Crippen LogP contribution in [0.15, 0.2) is 16.5 Å². The summed E-state index contributed by atoms with van der Waals surface area (Å²) < 4.78 is 8.17. The van der Waals surface area contributed by atoms with E-state index in [4.69, 9.17) is 16.6 Å². The van der Waals surface area contributed by atoms with E-state index in [1.807, 2.05) is 35.9 Å². The molecule has 1 N–H and O–H groups in total. The number of nitrogens with one attached hydrogen (secondary N) is 1. The van der Waals surface area contributed by atoms with Crippen molar-refractivity contribution in [2.75, 3.05) is 6.54 Å². The summed E-state index contributed by atoms with van der Waals surface area (Å²) in [6.45, 7) is 3.93. The first-order valence-corrected chi connectivity index (χ1v) is 9.75. The maximum absolute atomic E-state index is 5.55. The maximum Gasteiger partial charge on any atom is 0.217 e. The standard InChI is InChI=1S/C19H26N4OS/c1-14-8-9-16(24-14)10-11-18-20-19(25)23(21-18)13-22-12-4-6-15-5-2-3-7-17(15)22/h8-11,15,17H,2-7,12-13H2,1H3,(H,20,21,25). The van der Waals surface area contributed by atoms with E-state index in [0.29, 0.717) is 4.77 Å². The lowest BCUT2D eigenvalue weighted by molar-refractivity contribution is 0.0324. The number of fused-ring (bicyclic) bond motifs is 1. The van der Waals surface area contributed by atoms with Crippen molar-refractivity contribution in [3.8, 4) is 0 Å². The minimum Gasteiger partial charge on any atom is -0.462 e. The van der Waals surface area contributed by atoms with Gasteiger partial charge in [-0.05, 0) is 75.0 Å². The zero-order chi connectivity index (χ0) is 17.2. The third-order valence-electron chi connectivity index (χ3n) is 5.54. The minimum atomic E-state index is 0.619. The lowest BCUT2D eigenvalue weighted by Crippen LogP contribution is -2.47. The summed E-state index contributed by atoms with van der Waals surface area (Å²) >= 11 is 5.46. The fourth-order valence-electron chi connectivity index (χ4n) is 4.33. The molecule has 5 nitrogen and oxygen atoms in total. The van der Waals surface area contributed by atoms with Crippen LogP contribution < -0.4 is 0 Å². The van der Waals surface area contributed by atoms with E-state index >= 15 is 0 Å². The Morgan fingerprint density at radius 1 is 1.24 bits per heavy atom. The summed E-state index contributed by atoms with van der Waals surface area (Å²) in [4.78, 5) is 7.07. The molecule has 0 spiro atoms. The second-order valence-electron chi connectivity index (χ2n) is 7.31. The van der Waals surface area contributed by atoms with E-state index in [1.165, 1.54) is 45.1 Å². The summed E-state index contributed by atoms with van der Waals surface area (Å²) in [5.74, 6) is 3.38. The Balaban J connectivity index is 1.46. The number of furan rings is 1. The maximum atomic E-state index is 5.55.